The van der Waals surface area contributed by atoms with Crippen molar-refractivity contribution < 1.29 is 28.9 Å². The monoisotopic (exact) mass is 1240 g/mol. The molecule has 0 atom stereocenters. The topological polar surface area (TPSA) is 50.9 Å². The minimum atomic E-state index is -0.736. The molecule has 2 aromatic heterocycles. The molecule has 404 valence electrons. The second-order valence-electron chi connectivity index (χ2n) is 23.2. The van der Waals surface area contributed by atoms with Crippen LogP contribution in [0.3, 0.4) is 0 Å². The first kappa shape index (κ1) is 51.2. The number of phenolic OH excluding ortho intramolecular Hbond substituents is 1. The molecule has 5 heteroatoms. The van der Waals surface area contributed by atoms with Gasteiger partial charge in [0.05, 0.1) is 22.3 Å². The van der Waals surface area contributed by atoms with Crippen LogP contribution in [0, 0.1) is 12.0 Å². The van der Waals surface area contributed by atoms with Crippen molar-refractivity contribution >= 4 is 11.0 Å². The molecule has 2 fully saturated rings. The van der Waals surface area contributed by atoms with Crippen molar-refractivity contribution in [1.82, 2.24) is 14.5 Å². The van der Waals surface area contributed by atoms with Crippen LogP contribution in [0.15, 0.2) is 225 Å². The first-order chi connectivity index (χ1) is 39.9. The quantitative estimate of drug-likeness (QED) is 0.124. The number of rotatable bonds is 12. The molecule has 2 aliphatic carbocycles. The molecule has 0 radical (unpaired) electrons. The van der Waals surface area contributed by atoms with E-state index in [1.165, 1.54) is 31.2 Å². The van der Waals surface area contributed by atoms with Crippen LogP contribution < -0.4 is 0 Å². The molecule has 11 aromatic rings. The van der Waals surface area contributed by atoms with Crippen LogP contribution in [0.25, 0.3) is 95.0 Å². The van der Waals surface area contributed by atoms with Crippen molar-refractivity contribution in [3.05, 3.63) is 253 Å². The van der Waals surface area contributed by atoms with Crippen molar-refractivity contribution in [2.45, 2.75) is 95.8 Å². The third kappa shape index (κ3) is 11.2. The second-order valence-corrected chi connectivity index (χ2v) is 23.2. The van der Waals surface area contributed by atoms with E-state index in [2.05, 4.69) is 207 Å². The van der Waals surface area contributed by atoms with Gasteiger partial charge in [-0.1, -0.05) is 227 Å². The summed E-state index contributed by atoms with van der Waals surface area (Å²) in [4.78, 5) is 10.8. The summed E-state index contributed by atoms with van der Waals surface area (Å²) in [5, 5.41) is 12.9. The van der Waals surface area contributed by atoms with Gasteiger partial charge in [-0.2, -0.15) is 0 Å². The number of fused-ring (bicyclic) bond motifs is 1. The zero-order valence-corrected chi connectivity index (χ0v) is 48.7. The first-order valence-electron chi connectivity index (χ1n) is 29.8. The zero-order valence-electron chi connectivity index (χ0n) is 48.4. The number of hydrogen-bond acceptors (Lipinski definition) is 3. The number of aromatic hydroxyl groups is 1. The molecular weight excluding hydrogens is 1170 g/mol. The van der Waals surface area contributed by atoms with Crippen LogP contribution in [0.5, 0.6) is 5.75 Å². The van der Waals surface area contributed by atoms with Crippen molar-refractivity contribution in [2.24, 2.45) is 5.92 Å². The van der Waals surface area contributed by atoms with E-state index in [1.807, 2.05) is 48.7 Å². The summed E-state index contributed by atoms with van der Waals surface area (Å²) in [5.41, 5.74) is 19.1. The number of imidazole rings is 1. The smallest absolute Gasteiger partial charge is 0.148 e. The van der Waals surface area contributed by atoms with E-state index >= 15 is 0 Å². The zero-order chi connectivity index (χ0) is 56.0. The van der Waals surface area contributed by atoms with Crippen molar-refractivity contribution in [3.8, 4) is 89.7 Å². The standard InChI is InChI=1S/C76H68N3O.Pt/c1-76(2,3)65-46-63(45-64(47-65)70-50-61(41-42-77-70)58-38-36-57(37-39-58)56-34-32-55(33-35-56)53-21-8-4-9-22-53)66-29-18-30-72-73(66)78-75(69-49-62(54-23-10-5-11-24-54)48-68(74(69)80)60-27-14-7-15-28-60)79(72)71-40-31-52(43-51-19-16-17-20-51)44-67(71)59-25-12-6-13-26-59;/h4-15,18,21-31,36-42,44,46-51,55-56,80H,16-17,19-20,32-35,43H2,1-3H3;/q-1;/i55D,56D;. The molecule has 2 saturated carbocycles. The van der Waals surface area contributed by atoms with Gasteiger partial charge in [0.2, 0.25) is 0 Å². The number of para-hydroxylation sites is 1. The van der Waals surface area contributed by atoms with Crippen LogP contribution in [0.4, 0.5) is 0 Å². The van der Waals surface area contributed by atoms with Crippen LogP contribution in [0.2, 0.25) is 0 Å². The Morgan fingerprint density at radius 1 is 0.519 bits per heavy atom. The van der Waals surface area contributed by atoms with E-state index in [1.54, 1.807) is 0 Å². The summed E-state index contributed by atoms with van der Waals surface area (Å²) in [6.45, 7) is 6.75. The fourth-order valence-electron chi connectivity index (χ4n) is 12.5. The van der Waals surface area contributed by atoms with Gasteiger partial charge in [0, 0.05) is 46.8 Å². The molecule has 0 bridgehead atoms. The van der Waals surface area contributed by atoms with E-state index in [9.17, 15) is 7.85 Å². The molecule has 0 saturated heterocycles. The third-order valence-electron chi connectivity index (χ3n) is 16.9. The average molecular weight is 1240 g/mol. The molecule has 81 heavy (non-hydrogen) atoms. The number of hydrogen-bond donors (Lipinski definition) is 1. The Morgan fingerprint density at radius 2 is 1.10 bits per heavy atom. The Balaban J connectivity index is 0.00000680. The van der Waals surface area contributed by atoms with Gasteiger partial charge in [-0.05, 0) is 142 Å². The minimum absolute atomic E-state index is 0. The van der Waals surface area contributed by atoms with Gasteiger partial charge in [0.15, 0.2) is 0 Å². The van der Waals surface area contributed by atoms with E-state index in [0.717, 1.165) is 107 Å². The normalized spacial score (nSPS) is 17.8. The molecule has 2 heterocycles. The largest absolute Gasteiger partial charge is 0.507 e. The van der Waals surface area contributed by atoms with E-state index in [-0.39, 0.29) is 32.2 Å². The third-order valence-corrected chi connectivity index (χ3v) is 16.9. The van der Waals surface area contributed by atoms with Gasteiger partial charge in [0.25, 0.3) is 0 Å². The fraction of sp³-hybridized carbons (Fsp3) is 0.211. The van der Waals surface area contributed by atoms with Crippen molar-refractivity contribution in [3.63, 3.8) is 0 Å². The van der Waals surface area contributed by atoms with Crippen molar-refractivity contribution in [2.75, 3.05) is 0 Å². The van der Waals surface area contributed by atoms with E-state index < -0.39 is 11.8 Å². The van der Waals surface area contributed by atoms with Gasteiger partial charge >= 0.3 is 0 Å². The predicted octanol–water partition coefficient (Wildman–Crippen LogP) is 20.1. The molecule has 0 aliphatic heterocycles. The Bertz CT molecular complexity index is 4090. The molecule has 0 amide bonds. The molecule has 0 unspecified atom stereocenters. The number of aromatic nitrogens is 3. The van der Waals surface area contributed by atoms with Crippen LogP contribution in [0.1, 0.15) is 109 Å². The first-order valence-corrected chi connectivity index (χ1v) is 28.8. The SMILES string of the molecule is [2H]C1(c2ccccc2)CCC([2H])(c2ccc(-c3ccnc(-c4[c-]c(-c5cccc6c5nc(-c5cc(-c7ccccc7)cc(-c7ccccc7)c5O)n6-c5ccc(CC6CCCC6)cc5-c5ccccc5)cc(C(C)(C)C)c4)c3)cc2)CC1.[Pt]. The maximum Gasteiger partial charge on any atom is 0.148 e. The predicted molar refractivity (Wildman–Crippen MR) is 332 cm³/mol. The fourth-order valence-corrected chi connectivity index (χ4v) is 12.5. The van der Waals surface area contributed by atoms with Gasteiger partial charge in [-0.25, -0.2) is 4.98 Å². The van der Waals surface area contributed by atoms with Gasteiger partial charge in [-0.15, -0.1) is 29.3 Å². The van der Waals surface area contributed by atoms with E-state index in [0.29, 0.717) is 43.0 Å². The van der Waals surface area contributed by atoms with Gasteiger partial charge in [0.1, 0.15) is 11.6 Å². The Kier molecular flexibility index (Phi) is 14.7. The van der Waals surface area contributed by atoms with Crippen LogP contribution in [-0.2, 0) is 32.9 Å². The number of pyridine rings is 1. The van der Waals surface area contributed by atoms with E-state index in [4.69, 9.17) is 9.97 Å². The Hall–Kier alpha value is -7.91. The Labute approximate surface area is 495 Å². The maximum atomic E-state index is 12.9. The number of nitrogens with zero attached hydrogens (tertiary/aromatic N) is 3. The Morgan fingerprint density at radius 3 is 1.75 bits per heavy atom. The molecule has 9 aromatic carbocycles. The molecule has 13 rings (SSSR count). The molecule has 2 aliphatic rings. The minimum Gasteiger partial charge on any atom is -0.507 e. The second kappa shape index (κ2) is 23.3. The molecule has 1 N–H and O–H groups in total. The van der Waals surface area contributed by atoms with Crippen LogP contribution >= 0.6 is 0 Å². The summed E-state index contributed by atoms with van der Waals surface area (Å²) < 4.78 is 21.2. The molecule has 0 spiro atoms. The summed E-state index contributed by atoms with van der Waals surface area (Å²) in [5.74, 6) is 0.0957. The average Bonchev–Trinajstić information content (AvgIpc) is 4.39. The molecular formula is C76H68N3OPt-. The molecule has 4 nitrogen and oxygen atoms in total. The summed E-state index contributed by atoms with van der Waals surface area (Å²) in [7, 11) is 0. The van der Waals surface area contributed by atoms with Gasteiger partial charge in [-0.3, -0.25) is 9.55 Å². The summed E-state index contributed by atoms with van der Waals surface area (Å²) >= 11 is 0. The maximum absolute atomic E-state index is 12.9. The summed E-state index contributed by atoms with van der Waals surface area (Å²) in [6, 6.07) is 80.2. The number of phenols is 1. The number of benzene rings is 9. The summed E-state index contributed by atoms with van der Waals surface area (Å²) in [6.07, 6.45) is 10.7. The van der Waals surface area contributed by atoms with Crippen LogP contribution in [-0.4, -0.2) is 19.6 Å². The van der Waals surface area contributed by atoms with Crippen molar-refractivity contribution in [1.29, 1.82) is 0 Å². The van der Waals surface area contributed by atoms with Gasteiger partial charge < -0.3 is 5.11 Å².